The third kappa shape index (κ3) is 2.56. The Labute approximate surface area is 134 Å². The Morgan fingerprint density at radius 3 is 2.91 bits per heavy atom. The smallest absolute Gasteiger partial charge is 0.233 e. The van der Waals surface area contributed by atoms with Crippen molar-refractivity contribution in [3.8, 4) is 0 Å². The van der Waals surface area contributed by atoms with E-state index in [2.05, 4.69) is 28.5 Å². The van der Waals surface area contributed by atoms with Gasteiger partial charge in [-0.25, -0.2) is 4.98 Å². The van der Waals surface area contributed by atoms with Gasteiger partial charge in [0.1, 0.15) is 0 Å². The number of aromatic nitrogens is 1. The highest BCUT2D eigenvalue weighted by molar-refractivity contribution is 7.15. The molecule has 1 aromatic heterocycles. The van der Waals surface area contributed by atoms with E-state index < -0.39 is 0 Å². The lowest BCUT2D eigenvalue weighted by atomic mass is 9.82. The molecule has 2 aromatic rings. The van der Waals surface area contributed by atoms with Crippen LogP contribution in [0, 0.1) is 0 Å². The molecule has 0 aliphatic heterocycles. The lowest BCUT2D eigenvalue weighted by molar-refractivity contribution is -0.117. The largest absolute Gasteiger partial charge is 0.301 e. The number of fused-ring (bicyclic) bond motifs is 2. The molecule has 1 atom stereocenters. The van der Waals surface area contributed by atoms with Crippen molar-refractivity contribution < 1.29 is 4.79 Å². The first-order valence-corrected chi connectivity index (χ1v) is 9.00. The van der Waals surface area contributed by atoms with Crippen LogP contribution in [0.1, 0.15) is 53.3 Å². The summed E-state index contributed by atoms with van der Waals surface area (Å²) in [6.45, 7) is 0. The molecule has 0 radical (unpaired) electrons. The second-order valence-electron chi connectivity index (χ2n) is 6.23. The zero-order chi connectivity index (χ0) is 14.9. The van der Waals surface area contributed by atoms with Crippen LogP contribution in [0.25, 0.3) is 0 Å². The number of carbonyl (C=O) groups excluding carboxylic acids is 1. The van der Waals surface area contributed by atoms with Gasteiger partial charge in [0.25, 0.3) is 0 Å². The topological polar surface area (TPSA) is 42.0 Å². The number of nitrogens with zero attached hydrogens (tertiary/aromatic N) is 1. The summed E-state index contributed by atoms with van der Waals surface area (Å²) >= 11 is 1.67. The fourth-order valence-electron chi connectivity index (χ4n) is 3.62. The first-order valence-electron chi connectivity index (χ1n) is 8.18. The third-order valence-corrected chi connectivity index (χ3v) is 5.83. The Morgan fingerprint density at radius 1 is 1.14 bits per heavy atom. The van der Waals surface area contributed by atoms with E-state index in [1.54, 1.807) is 11.3 Å². The first kappa shape index (κ1) is 13.9. The fourth-order valence-corrected chi connectivity index (χ4v) is 4.68. The molecular formula is C18H20N2OS. The summed E-state index contributed by atoms with van der Waals surface area (Å²) in [4.78, 5) is 18.7. The number of amides is 1. The second kappa shape index (κ2) is 5.84. The summed E-state index contributed by atoms with van der Waals surface area (Å²) in [6, 6.07) is 8.35. The standard InChI is InChI=1S/C18H20N2OS/c21-17(14-9-5-7-12-6-1-2-8-13(12)14)20-18-19-15-10-3-4-11-16(15)22-18/h1-2,6,8,14H,3-5,7,9-11H2,(H,19,20,21)/t14-/m1/s1. The molecule has 0 saturated heterocycles. The van der Waals surface area contributed by atoms with Crippen molar-refractivity contribution >= 4 is 22.4 Å². The summed E-state index contributed by atoms with van der Waals surface area (Å²) in [5, 5.41) is 3.87. The Morgan fingerprint density at radius 2 is 2.00 bits per heavy atom. The normalized spacial score (nSPS) is 20.1. The number of rotatable bonds is 2. The predicted octanol–water partition coefficient (Wildman–Crippen LogP) is 4.08. The van der Waals surface area contributed by atoms with E-state index in [-0.39, 0.29) is 11.8 Å². The molecule has 4 rings (SSSR count). The van der Waals surface area contributed by atoms with Crippen molar-refractivity contribution in [3.05, 3.63) is 46.0 Å². The van der Waals surface area contributed by atoms with Gasteiger partial charge in [-0.3, -0.25) is 4.79 Å². The number of nitrogens with one attached hydrogen (secondary N) is 1. The first-order chi connectivity index (χ1) is 10.8. The molecule has 3 nitrogen and oxygen atoms in total. The van der Waals surface area contributed by atoms with Crippen molar-refractivity contribution in [1.82, 2.24) is 4.98 Å². The average molecular weight is 312 g/mol. The highest BCUT2D eigenvalue weighted by Crippen LogP contribution is 2.34. The SMILES string of the molecule is O=C(Nc1nc2c(s1)CCCC2)[C@@H]1CCCc2ccccc21. The fraction of sp³-hybridized carbons (Fsp3) is 0.444. The van der Waals surface area contributed by atoms with E-state index >= 15 is 0 Å². The van der Waals surface area contributed by atoms with Crippen molar-refractivity contribution in [2.75, 3.05) is 5.32 Å². The number of anilines is 1. The maximum absolute atomic E-state index is 12.7. The van der Waals surface area contributed by atoms with Crippen LogP contribution in [0.2, 0.25) is 0 Å². The number of carbonyl (C=O) groups is 1. The molecule has 1 heterocycles. The van der Waals surface area contributed by atoms with Crippen molar-refractivity contribution in [2.24, 2.45) is 0 Å². The molecule has 0 fully saturated rings. The number of aryl methyl sites for hydroxylation is 3. The van der Waals surface area contributed by atoms with Crippen LogP contribution in [0.3, 0.4) is 0 Å². The molecule has 0 saturated carbocycles. The molecule has 1 aromatic carbocycles. The number of hydrogen-bond acceptors (Lipinski definition) is 3. The Hall–Kier alpha value is -1.68. The van der Waals surface area contributed by atoms with E-state index in [1.807, 2.05) is 6.07 Å². The monoisotopic (exact) mass is 312 g/mol. The molecule has 0 spiro atoms. The molecule has 0 unspecified atom stereocenters. The molecule has 4 heteroatoms. The van der Waals surface area contributed by atoms with Gasteiger partial charge in [-0.2, -0.15) is 0 Å². The highest BCUT2D eigenvalue weighted by atomic mass is 32.1. The lowest BCUT2D eigenvalue weighted by Crippen LogP contribution is -2.24. The van der Waals surface area contributed by atoms with Crippen LogP contribution in [0.4, 0.5) is 5.13 Å². The van der Waals surface area contributed by atoms with E-state index in [9.17, 15) is 4.79 Å². The van der Waals surface area contributed by atoms with Gasteiger partial charge in [0.05, 0.1) is 11.6 Å². The summed E-state index contributed by atoms with van der Waals surface area (Å²) in [5.74, 6) is 0.0872. The maximum atomic E-state index is 12.7. The van der Waals surface area contributed by atoms with Gasteiger partial charge in [-0.1, -0.05) is 24.3 Å². The van der Waals surface area contributed by atoms with Crippen LogP contribution in [-0.2, 0) is 24.1 Å². The van der Waals surface area contributed by atoms with Gasteiger partial charge in [-0.05, 0) is 56.1 Å². The minimum absolute atomic E-state index is 0.0223. The van der Waals surface area contributed by atoms with Crippen LogP contribution in [-0.4, -0.2) is 10.9 Å². The molecular weight excluding hydrogens is 292 g/mol. The second-order valence-corrected chi connectivity index (χ2v) is 7.31. The molecule has 1 amide bonds. The van der Waals surface area contributed by atoms with Gasteiger partial charge < -0.3 is 5.32 Å². The third-order valence-electron chi connectivity index (χ3n) is 4.76. The van der Waals surface area contributed by atoms with Crippen molar-refractivity contribution in [2.45, 2.75) is 50.9 Å². The minimum Gasteiger partial charge on any atom is -0.301 e. The van der Waals surface area contributed by atoms with Crippen LogP contribution < -0.4 is 5.32 Å². The van der Waals surface area contributed by atoms with Gasteiger partial charge in [0.2, 0.25) is 5.91 Å². The molecule has 114 valence electrons. The predicted molar refractivity (Wildman–Crippen MR) is 89.5 cm³/mol. The maximum Gasteiger partial charge on any atom is 0.233 e. The Balaban J connectivity index is 1.54. The van der Waals surface area contributed by atoms with E-state index in [0.29, 0.717) is 0 Å². The molecule has 22 heavy (non-hydrogen) atoms. The average Bonchev–Trinajstić information content (AvgIpc) is 2.96. The van der Waals surface area contributed by atoms with E-state index in [1.165, 1.54) is 34.5 Å². The number of benzene rings is 1. The zero-order valence-corrected chi connectivity index (χ0v) is 13.4. The Bertz CT molecular complexity index is 683. The van der Waals surface area contributed by atoms with Gasteiger partial charge in [0.15, 0.2) is 5.13 Å². The number of thiazole rings is 1. The quantitative estimate of drug-likeness (QED) is 0.908. The van der Waals surface area contributed by atoms with Crippen LogP contribution in [0.5, 0.6) is 0 Å². The van der Waals surface area contributed by atoms with E-state index in [0.717, 1.165) is 37.2 Å². The van der Waals surface area contributed by atoms with Gasteiger partial charge in [-0.15, -0.1) is 11.3 Å². The summed E-state index contributed by atoms with van der Waals surface area (Å²) in [7, 11) is 0. The summed E-state index contributed by atoms with van der Waals surface area (Å²) in [6.07, 6.45) is 7.77. The van der Waals surface area contributed by atoms with Crippen molar-refractivity contribution in [1.29, 1.82) is 0 Å². The summed E-state index contributed by atoms with van der Waals surface area (Å²) in [5.41, 5.74) is 3.73. The van der Waals surface area contributed by atoms with Crippen LogP contribution in [0.15, 0.2) is 24.3 Å². The lowest BCUT2D eigenvalue weighted by Gasteiger charge is -2.24. The Kier molecular flexibility index (Phi) is 3.70. The highest BCUT2D eigenvalue weighted by Gasteiger charge is 2.27. The molecule has 2 aliphatic carbocycles. The molecule has 1 N–H and O–H groups in total. The van der Waals surface area contributed by atoms with Crippen molar-refractivity contribution in [3.63, 3.8) is 0 Å². The van der Waals surface area contributed by atoms with Crippen LogP contribution >= 0.6 is 11.3 Å². The zero-order valence-electron chi connectivity index (χ0n) is 12.6. The summed E-state index contributed by atoms with van der Waals surface area (Å²) < 4.78 is 0. The van der Waals surface area contributed by atoms with E-state index in [4.69, 9.17) is 0 Å². The van der Waals surface area contributed by atoms with Gasteiger partial charge in [0, 0.05) is 4.88 Å². The molecule has 2 aliphatic rings. The number of hydrogen-bond donors (Lipinski definition) is 1. The van der Waals surface area contributed by atoms with Gasteiger partial charge >= 0.3 is 0 Å². The molecule has 0 bridgehead atoms. The minimum atomic E-state index is -0.0223.